The fourth-order valence-electron chi connectivity index (χ4n) is 3.73. The number of fused-ring (bicyclic) bond motifs is 1. The molecule has 2 aromatic carbocycles. The van der Waals surface area contributed by atoms with Crippen LogP contribution in [-0.4, -0.2) is 28.0 Å². The third-order valence-corrected chi connectivity index (χ3v) is 5.56. The van der Waals surface area contributed by atoms with Crippen LogP contribution < -0.4 is 10.6 Å². The second kappa shape index (κ2) is 8.07. The molecule has 1 fully saturated rings. The Kier molecular flexibility index (Phi) is 5.47. The zero-order valence-electron chi connectivity index (χ0n) is 16.0. The molecular weight excluding hydrogens is 412 g/mol. The monoisotopic (exact) mass is 431 g/mol. The molecule has 1 aliphatic rings. The topological polar surface area (TPSA) is 74.2 Å². The molecule has 8 heteroatoms. The first-order valence-electron chi connectivity index (χ1n) is 9.64. The molecule has 0 bridgehead atoms. The number of alkyl halides is 2. The second-order valence-electron chi connectivity index (χ2n) is 7.46. The molecule has 0 atom stereocenters. The molecule has 0 spiro atoms. The van der Waals surface area contributed by atoms with E-state index in [-0.39, 0.29) is 24.4 Å². The number of aromatic nitrogens is 1. The average Bonchev–Trinajstić information content (AvgIpc) is 2.71. The van der Waals surface area contributed by atoms with Crippen LogP contribution in [0.3, 0.4) is 0 Å². The number of hydrogen-bond acceptors (Lipinski definition) is 4. The van der Waals surface area contributed by atoms with E-state index >= 15 is 0 Å². The van der Waals surface area contributed by atoms with Gasteiger partial charge in [0.05, 0.1) is 34.3 Å². The number of carboxylic acids is 1. The first-order valence-corrected chi connectivity index (χ1v) is 10.0. The number of para-hydroxylation sites is 1. The summed E-state index contributed by atoms with van der Waals surface area (Å²) in [4.78, 5) is 16.1. The summed E-state index contributed by atoms with van der Waals surface area (Å²) in [6.07, 6.45) is 1.98. The Morgan fingerprint density at radius 1 is 1.13 bits per heavy atom. The van der Waals surface area contributed by atoms with Crippen LogP contribution in [0.2, 0.25) is 5.02 Å². The predicted octanol–water partition coefficient (Wildman–Crippen LogP) is 6.32. The van der Waals surface area contributed by atoms with Crippen molar-refractivity contribution in [2.24, 2.45) is 0 Å². The van der Waals surface area contributed by atoms with Crippen LogP contribution in [0.5, 0.6) is 0 Å². The Labute approximate surface area is 177 Å². The van der Waals surface area contributed by atoms with Gasteiger partial charge >= 0.3 is 5.97 Å². The maximum absolute atomic E-state index is 13.5. The Hall–Kier alpha value is -2.93. The van der Waals surface area contributed by atoms with E-state index in [1.165, 1.54) is 6.07 Å². The first-order chi connectivity index (χ1) is 14.3. The Balaban J connectivity index is 1.75. The molecule has 1 aromatic heterocycles. The lowest BCUT2D eigenvalue weighted by molar-refractivity contribution is -0.0360. The third kappa shape index (κ3) is 4.31. The van der Waals surface area contributed by atoms with Crippen LogP contribution in [-0.2, 0) is 0 Å². The second-order valence-corrected chi connectivity index (χ2v) is 7.90. The van der Waals surface area contributed by atoms with Crippen molar-refractivity contribution in [1.82, 2.24) is 4.98 Å². The van der Waals surface area contributed by atoms with Crippen LogP contribution in [0.15, 0.2) is 48.7 Å². The molecule has 0 amide bonds. The SMILES string of the molecule is O=C(O)c1ccccc1Nc1c(NC2CCC(F)(F)CC2)cnc2ccc(Cl)cc12. The lowest BCUT2D eigenvalue weighted by Gasteiger charge is -2.30. The van der Waals surface area contributed by atoms with Gasteiger partial charge in [-0.2, -0.15) is 0 Å². The molecule has 1 aliphatic carbocycles. The highest BCUT2D eigenvalue weighted by atomic mass is 35.5. The highest BCUT2D eigenvalue weighted by Gasteiger charge is 2.35. The van der Waals surface area contributed by atoms with Crippen molar-refractivity contribution < 1.29 is 18.7 Å². The molecule has 4 rings (SSSR count). The number of carbonyl (C=O) groups is 1. The van der Waals surface area contributed by atoms with Crippen LogP contribution in [0.1, 0.15) is 36.0 Å². The molecule has 0 aliphatic heterocycles. The number of nitrogens with one attached hydrogen (secondary N) is 2. The van der Waals surface area contributed by atoms with E-state index in [9.17, 15) is 18.7 Å². The summed E-state index contributed by atoms with van der Waals surface area (Å²) >= 11 is 6.20. The van der Waals surface area contributed by atoms with Crippen molar-refractivity contribution in [2.75, 3.05) is 10.6 Å². The fraction of sp³-hybridized carbons (Fsp3) is 0.273. The standard InChI is InChI=1S/C22H20ClF2N3O2/c23-13-5-6-17-16(11-13)20(28-18-4-2-1-3-15(18)21(29)30)19(12-26-17)27-14-7-9-22(24,25)10-8-14/h1-6,11-12,14,27H,7-10H2,(H,26,28)(H,29,30). The zero-order valence-corrected chi connectivity index (χ0v) is 16.7. The normalized spacial score (nSPS) is 16.4. The summed E-state index contributed by atoms with van der Waals surface area (Å²) in [5.41, 5.74) is 2.42. The number of aromatic carboxylic acids is 1. The van der Waals surface area contributed by atoms with Crippen molar-refractivity contribution in [2.45, 2.75) is 37.6 Å². The van der Waals surface area contributed by atoms with E-state index in [0.717, 1.165) is 0 Å². The molecule has 156 valence electrons. The van der Waals surface area contributed by atoms with Crippen LogP contribution in [0.4, 0.5) is 25.8 Å². The zero-order chi connectivity index (χ0) is 21.3. The fourth-order valence-corrected chi connectivity index (χ4v) is 3.90. The minimum absolute atomic E-state index is 0.118. The molecule has 3 aromatic rings. The molecule has 1 saturated carbocycles. The maximum Gasteiger partial charge on any atom is 0.337 e. The molecular formula is C22H20ClF2N3O2. The molecule has 1 heterocycles. The Bertz CT molecular complexity index is 1100. The van der Waals surface area contributed by atoms with Gasteiger partial charge in [0.1, 0.15) is 0 Å². The van der Waals surface area contributed by atoms with Crippen molar-refractivity contribution in [3.8, 4) is 0 Å². The summed E-state index contributed by atoms with van der Waals surface area (Å²) in [6, 6.07) is 11.7. The molecule has 3 N–H and O–H groups in total. The predicted molar refractivity (Wildman–Crippen MR) is 114 cm³/mol. The highest BCUT2D eigenvalue weighted by Crippen LogP contribution is 2.38. The molecule has 30 heavy (non-hydrogen) atoms. The number of rotatable bonds is 5. The van der Waals surface area contributed by atoms with Gasteiger partial charge in [-0.3, -0.25) is 4.98 Å². The van der Waals surface area contributed by atoms with Crippen LogP contribution in [0, 0.1) is 0 Å². The Morgan fingerprint density at radius 3 is 2.60 bits per heavy atom. The molecule has 0 unspecified atom stereocenters. The smallest absolute Gasteiger partial charge is 0.337 e. The van der Waals surface area contributed by atoms with Crippen molar-refractivity contribution >= 4 is 45.5 Å². The van der Waals surface area contributed by atoms with Gasteiger partial charge in [-0.05, 0) is 43.2 Å². The minimum atomic E-state index is -2.62. The largest absolute Gasteiger partial charge is 0.478 e. The van der Waals surface area contributed by atoms with Crippen molar-refractivity contribution in [3.63, 3.8) is 0 Å². The van der Waals surface area contributed by atoms with Gasteiger partial charge in [0.25, 0.3) is 0 Å². The summed E-state index contributed by atoms with van der Waals surface area (Å²) in [7, 11) is 0. The number of carboxylic acid groups (broad SMARTS) is 1. The molecule has 0 saturated heterocycles. The number of benzene rings is 2. The van der Waals surface area contributed by atoms with Gasteiger partial charge in [0, 0.05) is 29.3 Å². The van der Waals surface area contributed by atoms with Crippen molar-refractivity contribution in [3.05, 3.63) is 59.2 Å². The minimum Gasteiger partial charge on any atom is -0.478 e. The van der Waals surface area contributed by atoms with Crippen molar-refractivity contribution in [1.29, 1.82) is 0 Å². The Morgan fingerprint density at radius 2 is 1.87 bits per heavy atom. The highest BCUT2D eigenvalue weighted by molar-refractivity contribution is 6.31. The summed E-state index contributed by atoms with van der Waals surface area (Å²) in [6.45, 7) is 0. The maximum atomic E-state index is 13.5. The first kappa shape index (κ1) is 20.3. The van der Waals surface area contributed by atoms with Gasteiger partial charge in [-0.25, -0.2) is 13.6 Å². The lowest BCUT2D eigenvalue weighted by atomic mass is 9.92. The number of anilines is 3. The number of halogens is 3. The molecule has 5 nitrogen and oxygen atoms in total. The summed E-state index contributed by atoms with van der Waals surface area (Å²) < 4.78 is 27.1. The van der Waals surface area contributed by atoms with E-state index in [0.29, 0.717) is 45.8 Å². The quantitative estimate of drug-likeness (QED) is 0.440. The van der Waals surface area contributed by atoms with Crippen LogP contribution in [0.25, 0.3) is 10.9 Å². The number of pyridine rings is 1. The molecule has 0 radical (unpaired) electrons. The third-order valence-electron chi connectivity index (χ3n) is 5.32. The summed E-state index contributed by atoms with van der Waals surface area (Å²) in [5.74, 6) is -3.67. The van der Waals surface area contributed by atoms with E-state index in [1.807, 2.05) is 0 Å². The van der Waals surface area contributed by atoms with E-state index in [1.54, 1.807) is 42.6 Å². The average molecular weight is 432 g/mol. The number of hydrogen-bond donors (Lipinski definition) is 3. The summed E-state index contributed by atoms with van der Waals surface area (Å²) in [5, 5.41) is 17.3. The van der Waals surface area contributed by atoms with Gasteiger partial charge < -0.3 is 15.7 Å². The van der Waals surface area contributed by atoms with Gasteiger partial charge in [0.15, 0.2) is 0 Å². The number of nitrogens with zero attached hydrogens (tertiary/aromatic N) is 1. The van der Waals surface area contributed by atoms with Gasteiger partial charge in [0.2, 0.25) is 5.92 Å². The lowest BCUT2D eigenvalue weighted by Crippen LogP contribution is -2.32. The van der Waals surface area contributed by atoms with E-state index in [4.69, 9.17) is 11.6 Å². The van der Waals surface area contributed by atoms with Gasteiger partial charge in [-0.1, -0.05) is 23.7 Å². The van der Waals surface area contributed by atoms with E-state index < -0.39 is 11.9 Å². The van der Waals surface area contributed by atoms with Crippen LogP contribution >= 0.6 is 11.6 Å². The van der Waals surface area contributed by atoms with E-state index in [2.05, 4.69) is 15.6 Å². The van der Waals surface area contributed by atoms with Gasteiger partial charge in [-0.15, -0.1) is 0 Å².